The number of nitrogens with one attached hydrogen (secondary N) is 2. The minimum atomic E-state index is 0.153. The molecule has 5 heteroatoms. The van der Waals surface area contributed by atoms with Gasteiger partial charge in [-0.05, 0) is 29.8 Å². The minimum absolute atomic E-state index is 0.153. The van der Waals surface area contributed by atoms with E-state index in [1.165, 1.54) is 7.11 Å². The number of aromatic nitrogens is 2. The maximum Gasteiger partial charge on any atom is 0.160 e. The van der Waals surface area contributed by atoms with Crippen molar-refractivity contribution in [3.05, 3.63) is 53.9 Å². The zero-order chi connectivity index (χ0) is 14.7. The van der Waals surface area contributed by atoms with Crippen LogP contribution in [0.3, 0.4) is 0 Å². The quantitative estimate of drug-likeness (QED) is 0.673. The molecule has 0 aliphatic heterocycles. The number of hydrogen-bond acceptors (Lipinski definition) is 4. The zero-order valence-corrected chi connectivity index (χ0v) is 11.8. The number of phenolic OH excluding ortho intramolecular Hbond substituents is 1. The van der Waals surface area contributed by atoms with Gasteiger partial charge in [0.05, 0.1) is 24.7 Å². The van der Waals surface area contributed by atoms with Crippen molar-refractivity contribution in [3.8, 4) is 11.5 Å². The highest BCUT2D eigenvalue weighted by Gasteiger charge is 2.04. The molecule has 1 heterocycles. The maximum atomic E-state index is 9.73. The Hall–Kier alpha value is -2.53. The van der Waals surface area contributed by atoms with E-state index in [1.807, 2.05) is 30.3 Å². The molecule has 108 valence electrons. The van der Waals surface area contributed by atoms with E-state index in [-0.39, 0.29) is 5.75 Å². The number of ether oxygens (including phenoxy) is 1. The van der Waals surface area contributed by atoms with Crippen molar-refractivity contribution in [2.24, 2.45) is 0 Å². The van der Waals surface area contributed by atoms with Crippen LogP contribution in [-0.4, -0.2) is 22.2 Å². The van der Waals surface area contributed by atoms with Gasteiger partial charge in [-0.25, -0.2) is 4.98 Å². The lowest BCUT2D eigenvalue weighted by Crippen LogP contribution is -2.13. The maximum absolute atomic E-state index is 9.73. The highest BCUT2D eigenvalue weighted by atomic mass is 16.5. The van der Waals surface area contributed by atoms with E-state index in [4.69, 9.17) is 4.74 Å². The predicted molar refractivity (Wildman–Crippen MR) is 81.3 cm³/mol. The van der Waals surface area contributed by atoms with Gasteiger partial charge < -0.3 is 20.1 Å². The first-order chi connectivity index (χ1) is 10.3. The number of methoxy groups -OCH3 is 1. The van der Waals surface area contributed by atoms with Gasteiger partial charge >= 0.3 is 0 Å². The number of fused-ring (bicyclic) bond motifs is 1. The Labute approximate surface area is 122 Å². The van der Waals surface area contributed by atoms with E-state index in [2.05, 4.69) is 15.3 Å². The molecule has 0 amide bonds. The number of H-pyrrole nitrogens is 1. The van der Waals surface area contributed by atoms with E-state index in [0.29, 0.717) is 18.8 Å². The average Bonchev–Trinajstić information content (AvgIpc) is 2.90. The normalized spacial score (nSPS) is 10.9. The SMILES string of the molecule is COc1ccc(CNCc2nc3ccccc3[nH]2)cc1O. The summed E-state index contributed by atoms with van der Waals surface area (Å²) in [5.41, 5.74) is 3.00. The van der Waals surface area contributed by atoms with Crippen molar-refractivity contribution in [1.82, 2.24) is 15.3 Å². The number of benzene rings is 2. The van der Waals surface area contributed by atoms with Gasteiger partial charge in [0.25, 0.3) is 0 Å². The summed E-state index contributed by atoms with van der Waals surface area (Å²) in [6, 6.07) is 13.3. The molecule has 3 N–H and O–H groups in total. The molecule has 0 unspecified atom stereocenters. The number of aromatic amines is 1. The third kappa shape index (κ3) is 2.98. The number of phenols is 1. The first kappa shape index (κ1) is 13.5. The molecule has 1 aromatic heterocycles. The Balaban J connectivity index is 1.61. The second-order valence-corrected chi connectivity index (χ2v) is 4.81. The molecule has 0 spiro atoms. The van der Waals surface area contributed by atoms with Gasteiger partial charge in [-0.2, -0.15) is 0 Å². The zero-order valence-electron chi connectivity index (χ0n) is 11.8. The van der Waals surface area contributed by atoms with Crippen LogP contribution in [0.25, 0.3) is 11.0 Å². The number of aromatic hydroxyl groups is 1. The average molecular weight is 283 g/mol. The molecule has 2 aromatic carbocycles. The smallest absolute Gasteiger partial charge is 0.160 e. The molecule has 0 radical (unpaired) electrons. The third-order valence-electron chi connectivity index (χ3n) is 3.30. The van der Waals surface area contributed by atoms with Crippen molar-refractivity contribution in [1.29, 1.82) is 0 Å². The number of rotatable bonds is 5. The third-order valence-corrected chi connectivity index (χ3v) is 3.30. The van der Waals surface area contributed by atoms with Gasteiger partial charge in [-0.3, -0.25) is 0 Å². The van der Waals surface area contributed by atoms with Crippen LogP contribution in [0.4, 0.5) is 0 Å². The number of nitrogens with zero attached hydrogens (tertiary/aromatic N) is 1. The molecular weight excluding hydrogens is 266 g/mol. The van der Waals surface area contributed by atoms with Crippen molar-refractivity contribution in [2.75, 3.05) is 7.11 Å². The molecule has 0 aliphatic carbocycles. The number of hydrogen-bond donors (Lipinski definition) is 3. The van der Waals surface area contributed by atoms with Crippen LogP contribution in [0, 0.1) is 0 Å². The standard InChI is InChI=1S/C16H17N3O2/c1-21-15-7-6-11(8-14(15)20)9-17-10-16-18-12-4-2-3-5-13(12)19-16/h2-8,17,20H,9-10H2,1H3,(H,18,19). The summed E-state index contributed by atoms with van der Waals surface area (Å²) >= 11 is 0. The van der Waals surface area contributed by atoms with Crippen LogP contribution in [-0.2, 0) is 13.1 Å². The second kappa shape index (κ2) is 5.85. The number of para-hydroxylation sites is 2. The molecule has 0 saturated heterocycles. The highest BCUT2D eigenvalue weighted by molar-refractivity contribution is 5.74. The van der Waals surface area contributed by atoms with Gasteiger partial charge in [-0.1, -0.05) is 18.2 Å². The molecule has 3 rings (SSSR count). The van der Waals surface area contributed by atoms with Crippen LogP contribution in [0.1, 0.15) is 11.4 Å². The molecule has 21 heavy (non-hydrogen) atoms. The van der Waals surface area contributed by atoms with Gasteiger partial charge in [0.1, 0.15) is 5.82 Å². The fourth-order valence-corrected chi connectivity index (χ4v) is 2.26. The Morgan fingerprint density at radius 2 is 2.05 bits per heavy atom. The molecule has 3 aromatic rings. The topological polar surface area (TPSA) is 70.2 Å². The molecule has 0 saturated carbocycles. The molecule has 0 fully saturated rings. The summed E-state index contributed by atoms with van der Waals surface area (Å²) in [5.74, 6) is 1.53. The predicted octanol–water partition coefficient (Wildman–Crippen LogP) is 2.57. The van der Waals surface area contributed by atoms with Gasteiger partial charge in [0, 0.05) is 6.54 Å². The Kier molecular flexibility index (Phi) is 3.75. The Bertz CT molecular complexity index is 719. The van der Waals surface area contributed by atoms with Crippen molar-refractivity contribution < 1.29 is 9.84 Å². The van der Waals surface area contributed by atoms with E-state index in [1.54, 1.807) is 12.1 Å². The van der Waals surface area contributed by atoms with E-state index in [0.717, 1.165) is 22.4 Å². The lowest BCUT2D eigenvalue weighted by Gasteiger charge is -2.07. The fraction of sp³-hybridized carbons (Fsp3) is 0.188. The molecule has 0 bridgehead atoms. The first-order valence-electron chi connectivity index (χ1n) is 6.76. The van der Waals surface area contributed by atoms with Crippen LogP contribution >= 0.6 is 0 Å². The van der Waals surface area contributed by atoms with Gasteiger partial charge in [0.15, 0.2) is 11.5 Å². The Morgan fingerprint density at radius 1 is 1.19 bits per heavy atom. The molecule has 0 aliphatic rings. The fourth-order valence-electron chi connectivity index (χ4n) is 2.26. The van der Waals surface area contributed by atoms with E-state index < -0.39 is 0 Å². The van der Waals surface area contributed by atoms with Gasteiger partial charge in [-0.15, -0.1) is 0 Å². The molecule has 5 nitrogen and oxygen atoms in total. The van der Waals surface area contributed by atoms with Crippen LogP contribution in [0.2, 0.25) is 0 Å². The molecule has 0 atom stereocenters. The van der Waals surface area contributed by atoms with E-state index in [9.17, 15) is 5.11 Å². The Morgan fingerprint density at radius 3 is 2.81 bits per heavy atom. The summed E-state index contributed by atoms with van der Waals surface area (Å²) < 4.78 is 5.02. The van der Waals surface area contributed by atoms with Crippen molar-refractivity contribution in [2.45, 2.75) is 13.1 Å². The first-order valence-corrected chi connectivity index (χ1v) is 6.76. The monoisotopic (exact) mass is 283 g/mol. The summed E-state index contributed by atoms with van der Waals surface area (Å²) in [4.78, 5) is 7.77. The second-order valence-electron chi connectivity index (χ2n) is 4.81. The van der Waals surface area contributed by atoms with Crippen molar-refractivity contribution >= 4 is 11.0 Å². The largest absolute Gasteiger partial charge is 0.504 e. The summed E-state index contributed by atoms with van der Waals surface area (Å²) in [7, 11) is 1.54. The van der Waals surface area contributed by atoms with Crippen LogP contribution in [0.5, 0.6) is 11.5 Å². The summed E-state index contributed by atoms with van der Waals surface area (Å²) in [6.45, 7) is 1.29. The minimum Gasteiger partial charge on any atom is -0.504 e. The summed E-state index contributed by atoms with van der Waals surface area (Å²) in [6.07, 6.45) is 0. The lowest BCUT2D eigenvalue weighted by molar-refractivity contribution is 0.373. The highest BCUT2D eigenvalue weighted by Crippen LogP contribution is 2.26. The molecular formula is C16H17N3O2. The van der Waals surface area contributed by atoms with Crippen LogP contribution in [0.15, 0.2) is 42.5 Å². The van der Waals surface area contributed by atoms with Crippen molar-refractivity contribution in [3.63, 3.8) is 0 Å². The number of imidazole rings is 1. The van der Waals surface area contributed by atoms with Gasteiger partial charge in [0.2, 0.25) is 0 Å². The lowest BCUT2D eigenvalue weighted by atomic mass is 10.2. The van der Waals surface area contributed by atoms with Crippen LogP contribution < -0.4 is 10.1 Å². The summed E-state index contributed by atoms with van der Waals surface area (Å²) in [5, 5.41) is 13.0. The van der Waals surface area contributed by atoms with E-state index >= 15 is 0 Å².